The van der Waals surface area contributed by atoms with E-state index in [9.17, 15) is 8.42 Å². The van der Waals surface area contributed by atoms with Crippen molar-refractivity contribution >= 4 is 32.2 Å². The molecule has 2 N–H and O–H groups in total. The summed E-state index contributed by atoms with van der Waals surface area (Å²) in [6.45, 7) is 9.01. The van der Waals surface area contributed by atoms with Crippen molar-refractivity contribution in [2.45, 2.75) is 18.7 Å². The maximum Gasteiger partial charge on any atom is 0.182 e. The van der Waals surface area contributed by atoms with Gasteiger partial charge in [0.25, 0.3) is 0 Å². The van der Waals surface area contributed by atoms with Crippen LogP contribution in [0.1, 0.15) is 13.8 Å². The van der Waals surface area contributed by atoms with Crippen LogP contribution < -0.4 is 10.6 Å². The van der Waals surface area contributed by atoms with E-state index >= 15 is 0 Å². The maximum absolute atomic E-state index is 11.8. The molecule has 0 unspecified atom stereocenters. The minimum Gasteiger partial charge on any atom is -0.382 e. The molecule has 2 rings (SSSR count). The molecule has 0 atom stereocenters. The first kappa shape index (κ1) is 15.5. The third-order valence-electron chi connectivity index (χ3n) is 3.31. The summed E-state index contributed by atoms with van der Waals surface area (Å²) >= 11 is 1.18. The molecule has 114 valence electrons. The number of aromatic nitrogens is 1. The van der Waals surface area contributed by atoms with Gasteiger partial charge >= 0.3 is 0 Å². The van der Waals surface area contributed by atoms with E-state index < -0.39 is 9.84 Å². The van der Waals surface area contributed by atoms with Gasteiger partial charge in [-0.25, -0.2) is 8.42 Å². The van der Waals surface area contributed by atoms with Crippen molar-refractivity contribution < 1.29 is 8.42 Å². The van der Waals surface area contributed by atoms with Crippen LogP contribution >= 0.6 is 11.5 Å². The predicted molar refractivity (Wildman–Crippen MR) is 83.1 cm³/mol. The van der Waals surface area contributed by atoms with E-state index in [0.717, 1.165) is 32.7 Å². The Hall–Kier alpha value is -0.860. The average Bonchev–Trinajstić information content (AvgIpc) is 2.71. The number of nitrogen functional groups attached to an aromatic ring is 1. The number of sulfone groups is 1. The number of piperazine rings is 1. The third-order valence-corrected chi connectivity index (χ3v) is 5.51. The minimum atomic E-state index is -3.34. The van der Waals surface area contributed by atoms with Crippen LogP contribution in [0.2, 0.25) is 0 Å². The molecule has 1 fully saturated rings. The monoisotopic (exact) mass is 318 g/mol. The molecule has 0 radical (unpaired) electrons. The Bertz CT molecular complexity index is 560. The van der Waals surface area contributed by atoms with Crippen LogP contribution in [0.25, 0.3) is 0 Å². The second kappa shape index (κ2) is 5.87. The largest absolute Gasteiger partial charge is 0.382 e. The van der Waals surface area contributed by atoms with Gasteiger partial charge in [0.1, 0.15) is 9.90 Å². The van der Waals surface area contributed by atoms with Crippen molar-refractivity contribution in [3.05, 3.63) is 0 Å². The molecule has 1 aliphatic rings. The summed E-state index contributed by atoms with van der Waals surface area (Å²) in [6, 6.07) is 0. The smallest absolute Gasteiger partial charge is 0.182 e. The predicted octanol–water partition coefficient (Wildman–Crippen LogP) is 0.907. The van der Waals surface area contributed by atoms with Gasteiger partial charge in [0.05, 0.1) is 0 Å². The van der Waals surface area contributed by atoms with E-state index in [1.54, 1.807) is 0 Å². The second-order valence-electron chi connectivity index (χ2n) is 5.66. The molecule has 1 aromatic rings. The van der Waals surface area contributed by atoms with E-state index in [0.29, 0.717) is 10.9 Å². The number of hydrogen-bond donors (Lipinski definition) is 1. The molecular formula is C12H22N4O2S2. The lowest BCUT2D eigenvalue weighted by Gasteiger charge is -2.36. The highest BCUT2D eigenvalue weighted by Crippen LogP contribution is 2.35. The second-order valence-corrected chi connectivity index (χ2v) is 8.36. The van der Waals surface area contributed by atoms with Crippen LogP contribution in [0.4, 0.5) is 10.8 Å². The topological polar surface area (TPSA) is 79.5 Å². The zero-order valence-corrected chi connectivity index (χ0v) is 13.8. The fraction of sp³-hybridized carbons (Fsp3) is 0.750. The third kappa shape index (κ3) is 3.42. The van der Waals surface area contributed by atoms with Crippen molar-refractivity contribution in [1.82, 2.24) is 9.27 Å². The van der Waals surface area contributed by atoms with Crippen LogP contribution in [0, 0.1) is 5.92 Å². The first-order valence-electron chi connectivity index (χ1n) is 6.71. The van der Waals surface area contributed by atoms with Crippen LogP contribution in [0.3, 0.4) is 0 Å². The number of anilines is 2. The summed E-state index contributed by atoms with van der Waals surface area (Å²) in [5, 5.41) is 0.689. The molecule has 8 heteroatoms. The Kier molecular flexibility index (Phi) is 4.55. The Morgan fingerprint density at radius 2 is 1.90 bits per heavy atom. The maximum atomic E-state index is 11.8. The zero-order chi connectivity index (χ0) is 14.9. The highest BCUT2D eigenvalue weighted by Gasteiger charge is 2.27. The lowest BCUT2D eigenvalue weighted by molar-refractivity contribution is 0.231. The van der Waals surface area contributed by atoms with Crippen molar-refractivity contribution in [2.75, 3.05) is 49.6 Å². The first-order chi connectivity index (χ1) is 9.29. The van der Waals surface area contributed by atoms with Gasteiger partial charge in [0.15, 0.2) is 15.7 Å². The molecule has 1 aliphatic heterocycles. The minimum absolute atomic E-state index is 0.122. The highest BCUT2D eigenvalue weighted by atomic mass is 32.2. The molecule has 0 saturated carbocycles. The molecule has 0 bridgehead atoms. The lowest BCUT2D eigenvalue weighted by Crippen LogP contribution is -2.47. The molecule has 1 saturated heterocycles. The molecule has 1 aromatic heterocycles. The summed E-state index contributed by atoms with van der Waals surface area (Å²) in [5.74, 6) is 0.768. The van der Waals surface area contributed by atoms with Gasteiger partial charge < -0.3 is 10.6 Å². The average molecular weight is 318 g/mol. The van der Waals surface area contributed by atoms with E-state index in [-0.39, 0.29) is 10.7 Å². The van der Waals surface area contributed by atoms with Crippen molar-refractivity contribution in [3.63, 3.8) is 0 Å². The van der Waals surface area contributed by atoms with Gasteiger partial charge in [-0.05, 0) is 17.5 Å². The zero-order valence-electron chi connectivity index (χ0n) is 12.2. The number of rotatable bonds is 4. The number of nitrogens with two attached hydrogens (primary N) is 1. The fourth-order valence-electron chi connectivity index (χ4n) is 2.48. The molecule has 2 heterocycles. The molecule has 0 aromatic carbocycles. The molecule has 0 aliphatic carbocycles. The Labute approximate surface area is 124 Å². The van der Waals surface area contributed by atoms with E-state index in [2.05, 4.69) is 28.0 Å². The fourth-order valence-corrected chi connectivity index (χ4v) is 4.74. The summed E-state index contributed by atoms with van der Waals surface area (Å²) in [5.41, 5.74) is 5.71. The van der Waals surface area contributed by atoms with Gasteiger partial charge in [0, 0.05) is 39.0 Å². The van der Waals surface area contributed by atoms with Gasteiger partial charge in [0.2, 0.25) is 0 Å². The van der Waals surface area contributed by atoms with E-state index in [1.165, 1.54) is 17.8 Å². The summed E-state index contributed by atoms with van der Waals surface area (Å²) in [7, 11) is -3.34. The van der Waals surface area contributed by atoms with Gasteiger partial charge in [-0.3, -0.25) is 4.90 Å². The van der Waals surface area contributed by atoms with Crippen molar-refractivity contribution in [2.24, 2.45) is 5.92 Å². The summed E-state index contributed by atoms with van der Waals surface area (Å²) in [6.07, 6.45) is 1.19. The molecular weight excluding hydrogens is 296 g/mol. The van der Waals surface area contributed by atoms with Gasteiger partial charge in [-0.2, -0.15) is 4.37 Å². The van der Waals surface area contributed by atoms with Crippen LogP contribution in [-0.4, -0.2) is 56.7 Å². The molecule has 20 heavy (non-hydrogen) atoms. The normalized spacial score (nSPS) is 17.9. The van der Waals surface area contributed by atoms with Crippen molar-refractivity contribution in [3.8, 4) is 0 Å². The SMILES string of the molecule is CC(C)CN1CCN(c2snc(N)c2S(C)(=O)=O)CC1. The van der Waals surface area contributed by atoms with Crippen LogP contribution in [-0.2, 0) is 9.84 Å². The molecule has 6 nitrogen and oxygen atoms in total. The Morgan fingerprint density at radius 1 is 1.30 bits per heavy atom. The van der Waals surface area contributed by atoms with E-state index in [4.69, 9.17) is 5.73 Å². The van der Waals surface area contributed by atoms with Crippen LogP contribution in [0.5, 0.6) is 0 Å². The highest BCUT2D eigenvalue weighted by molar-refractivity contribution is 7.91. The Morgan fingerprint density at radius 3 is 2.40 bits per heavy atom. The van der Waals surface area contributed by atoms with Gasteiger partial charge in [-0.1, -0.05) is 13.8 Å². The van der Waals surface area contributed by atoms with E-state index in [1.807, 2.05) is 0 Å². The quantitative estimate of drug-likeness (QED) is 0.889. The Balaban J connectivity index is 2.12. The first-order valence-corrected chi connectivity index (χ1v) is 9.38. The van der Waals surface area contributed by atoms with Crippen molar-refractivity contribution in [1.29, 1.82) is 0 Å². The molecule has 0 spiro atoms. The lowest BCUT2D eigenvalue weighted by atomic mass is 10.2. The summed E-state index contributed by atoms with van der Waals surface area (Å²) in [4.78, 5) is 4.69. The number of nitrogens with zero attached hydrogens (tertiary/aromatic N) is 3. The number of hydrogen-bond acceptors (Lipinski definition) is 7. The van der Waals surface area contributed by atoms with Crippen LogP contribution in [0.15, 0.2) is 4.90 Å². The molecule has 0 amide bonds. The standard InChI is InChI=1S/C12H22N4O2S2/c1-9(2)8-15-4-6-16(7-5-15)12-10(20(3,17)18)11(13)14-19-12/h9H,4-8H2,1-3H3,(H2,13,14). The van der Waals surface area contributed by atoms with Gasteiger partial charge in [-0.15, -0.1) is 0 Å². The summed E-state index contributed by atoms with van der Waals surface area (Å²) < 4.78 is 27.7.